The molecule has 186 valence electrons. The Morgan fingerprint density at radius 2 is 1.97 bits per heavy atom. The van der Waals surface area contributed by atoms with Crippen LogP contribution in [0.2, 0.25) is 5.02 Å². The first kappa shape index (κ1) is 24.9. The van der Waals surface area contributed by atoms with Gasteiger partial charge in [0.2, 0.25) is 11.8 Å². The van der Waals surface area contributed by atoms with Crippen molar-refractivity contribution in [1.29, 1.82) is 0 Å². The third-order valence-corrected chi connectivity index (χ3v) is 7.58. The van der Waals surface area contributed by atoms with E-state index in [9.17, 15) is 27.9 Å². The number of hydrogen-bond donors (Lipinski definition) is 1. The molecule has 2 aliphatic heterocycles. The van der Waals surface area contributed by atoms with Crippen LogP contribution in [0.4, 0.5) is 18.9 Å². The molecule has 2 atom stereocenters. The normalized spacial score (nSPS) is 24.5. The average molecular weight is 500 g/mol. The van der Waals surface area contributed by atoms with Crippen molar-refractivity contribution in [3.63, 3.8) is 0 Å². The topological polar surface area (TPSA) is 64.1 Å². The van der Waals surface area contributed by atoms with Crippen LogP contribution in [0.25, 0.3) is 0 Å². The van der Waals surface area contributed by atoms with E-state index in [-0.39, 0.29) is 34.7 Å². The molecule has 4 rings (SSSR count). The maximum atomic E-state index is 13.3. The van der Waals surface area contributed by atoms with Crippen molar-refractivity contribution in [2.45, 2.75) is 57.3 Å². The van der Waals surface area contributed by atoms with Crippen molar-refractivity contribution >= 4 is 29.1 Å². The molecular formula is C24H29ClF3N3O3. The lowest BCUT2D eigenvalue weighted by Gasteiger charge is -2.36. The summed E-state index contributed by atoms with van der Waals surface area (Å²) in [6.07, 6.45) is 1.44. The lowest BCUT2D eigenvalue weighted by atomic mass is 9.90. The zero-order chi connectivity index (χ0) is 24.7. The van der Waals surface area contributed by atoms with Crippen LogP contribution in [0.1, 0.15) is 44.6 Å². The highest BCUT2D eigenvalue weighted by atomic mass is 35.5. The molecule has 1 aromatic rings. The first-order valence-corrected chi connectivity index (χ1v) is 12.0. The lowest BCUT2D eigenvalue weighted by molar-refractivity contribution is -0.137. The molecule has 1 aliphatic carbocycles. The lowest BCUT2D eigenvalue weighted by Crippen LogP contribution is -2.47. The van der Waals surface area contributed by atoms with Gasteiger partial charge >= 0.3 is 6.18 Å². The van der Waals surface area contributed by atoms with Crippen molar-refractivity contribution in [2.24, 2.45) is 5.41 Å². The summed E-state index contributed by atoms with van der Waals surface area (Å²) < 4.78 is 39.8. The van der Waals surface area contributed by atoms with Gasteiger partial charge in [-0.3, -0.25) is 9.59 Å². The number of aliphatic hydroxyl groups is 1. The van der Waals surface area contributed by atoms with Gasteiger partial charge in [0.05, 0.1) is 16.7 Å². The van der Waals surface area contributed by atoms with E-state index in [1.807, 2.05) is 6.92 Å². The quantitative estimate of drug-likeness (QED) is 0.663. The first-order chi connectivity index (χ1) is 16.0. The van der Waals surface area contributed by atoms with E-state index in [2.05, 4.69) is 0 Å². The number of hydrogen-bond acceptors (Lipinski definition) is 4. The van der Waals surface area contributed by atoms with Crippen molar-refractivity contribution < 1.29 is 27.9 Å². The Balaban J connectivity index is 1.33. The molecule has 6 nitrogen and oxygen atoms in total. The zero-order valence-electron chi connectivity index (χ0n) is 19.0. The number of anilines is 1. The largest absolute Gasteiger partial charge is 0.417 e. The number of piperidine rings is 1. The number of aliphatic hydroxyl groups excluding tert-OH is 1. The second kappa shape index (κ2) is 9.41. The second-order valence-corrected chi connectivity index (χ2v) is 10.00. The Kier molecular flexibility index (Phi) is 6.88. The van der Waals surface area contributed by atoms with E-state index in [0.29, 0.717) is 38.3 Å². The van der Waals surface area contributed by atoms with E-state index < -0.39 is 17.8 Å². The highest BCUT2D eigenvalue weighted by Crippen LogP contribution is 2.53. The van der Waals surface area contributed by atoms with Crippen LogP contribution in [-0.4, -0.2) is 65.0 Å². The number of carbonyl (C=O) groups is 2. The Morgan fingerprint density at radius 1 is 1.24 bits per heavy atom. The van der Waals surface area contributed by atoms with Gasteiger partial charge in [0, 0.05) is 56.6 Å². The molecular weight excluding hydrogens is 471 g/mol. The highest BCUT2D eigenvalue weighted by molar-refractivity contribution is 6.31. The second-order valence-electron chi connectivity index (χ2n) is 9.59. The van der Waals surface area contributed by atoms with Crippen molar-refractivity contribution in [2.75, 3.05) is 31.1 Å². The summed E-state index contributed by atoms with van der Waals surface area (Å²) in [7, 11) is 0. The molecule has 2 heterocycles. The van der Waals surface area contributed by atoms with Gasteiger partial charge in [-0.15, -0.1) is 0 Å². The van der Waals surface area contributed by atoms with Crippen molar-refractivity contribution in [3.8, 4) is 0 Å². The fraction of sp³-hybridized carbons (Fsp3) is 0.583. The Bertz CT molecular complexity index is 980. The molecule has 1 N–H and O–H groups in total. The predicted molar refractivity (Wildman–Crippen MR) is 122 cm³/mol. The Labute approximate surface area is 201 Å². The van der Waals surface area contributed by atoms with E-state index >= 15 is 0 Å². The summed E-state index contributed by atoms with van der Waals surface area (Å²) in [6, 6.07) is 3.41. The number of alkyl halides is 3. The van der Waals surface area contributed by atoms with Gasteiger partial charge in [0.15, 0.2) is 0 Å². The molecule has 0 bridgehead atoms. The summed E-state index contributed by atoms with van der Waals surface area (Å²) in [5.74, 6) is -0.279. The maximum Gasteiger partial charge on any atom is 0.417 e. The Hall–Kier alpha value is -2.26. The molecule has 1 saturated heterocycles. The van der Waals surface area contributed by atoms with Gasteiger partial charge in [-0.2, -0.15) is 13.2 Å². The number of halogens is 4. The summed E-state index contributed by atoms with van der Waals surface area (Å²) in [4.78, 5) is 30.1. The number of carbonyl (C=O) groups excluding carboxylic acids is 2. The molecule has 10 heteroatoms. The van der Waals surface area contributed by atoms with Crippen LogP contribution in [0, 0.1) is 5.41 Å². The third kappa shape index (κ3) is 5.20. The van der Waals surface area contributed by atoms with Crippen LogP contribution in [-0.2, 0) is 15.8 Å². The minimum absolute atomic E-state index is 0.0251. The Morgan fingerprint density at radius 3 is 2.62 bits per heavy atom. The highest BCUT2D eigenvalue weighted by Gasteiger charge is 2.51. The van der Waals surface area contributed by atoms with Gasteiger partial charge in [-0.25, -0.2) is 0 Å². The number of nitrogens with zero attached hydrogens (tertiary/aromatic N) is 3. The van der Waals surface area contributed by atoms with E-state index in [4.69, 9.17) is 11.6 Å². The van der Waals surface area contributed by atoms with Gasteiger partial charge in [0.25, 0.3) is 0 Å². The van der Waals surface area contributed by atoms with E-state index in [0.717, 1.165) is 25.3 Å². The molecule has 2 unspecified atom stereocenters. The monoisotopic (exact) mass is 499 g/mol. The summed E-state index contributed by atoms with van der Waals surface area (Å²) in [5, 5.41) is 9.93. The van der Waals surface area contributed by atoms with Crippen LogP contribution >= 0.6 is 11.6 Å². The molecule has 3 aliphatic rings. The predicted octanol–water partition coefficient (Wildman–Crippen LogP) is 4.06. The molecule has 1 spiro atoms. The fourth-order valence-electron chi connectivity index (χ4n) is 4.89. The van der Waals surface area contributed by atoms with Crippen LogP contribution in [0.5, 0.6) is 0 Å². The minimum Gasteiger partial charge on any atom is -0.391 e. The number of benzene rings is 1. The summed E-state index contributed by atoms with van der Waals surface area (Å²) in [5.41, 5.74) is -0.592. The maximum absolute atomic E-state index is 13.3. The minimum atomic E-state index is -4.58. The number of rotatable bonds is 5. The molecule has 0 aromatic heterocycles. The molecule has 34 heavy (non-hydrogen) atoms. The number of likely N-dealkylation sites (tertiary alicyclic amines) is 1. The van der Waals surface area contributed by atoms with E-state index in [1.54, 1.807) is 14.7 Å². The number of β-amino-alcohol motifs (C(OH)–C–C–N with tert-alkyl or cyclic N) is 1. The van der Waals surface area contributed by atoms with Crippen LogP contribution in [0.15, 0.2) is 30.5 Å². The SMILES string of the molecule is CC1CN(CCCC(=O)N2CCC3(CC3)C(O)C2)C(=O)C=CN1c1ccc(Cl)c(C(F)(F)F)c1. The van der Waals surface area contributed by atoms with E-state index in [1.165, 1.54) is 24.4 Å². The standard InChI is InChI=1S/C24H29ClF3N3O3/c1-16-14-29(10-2-3-21(33)30-12-9-23(7-8-23)20(32)15-30)22(34)6-11-31(16)17-4-5-19(25)18(13-17)24(26,27)28/h4-6,11,13,16,20,32H,2-3,7-10,12,14-15H2,1H3. The summed E-state index contributed by atoms with van der Waals surface area (Å²) in [6.45, 7) is 3.52. The van der Waals surface area contributed by atoms with Gasteiger partial charge in [-0.05, 0) is 56.2 Å². The summed E-state index contributed by atoms with van der Waals surface area (Å²) >= 11 is 5.73. The van der Waals surface area contributed by atoms with Crippen molar-refractivity contribution in [3.05, 3.63) is 41.1 Å². The third-order valence-electron chi connectivity index (χ3n) is 7.25. The van der Waals surface area contributed by atoms with Gasteiger partial charge in [0.1, 0.15) is 0 Å². The van der Waals surface area contributed by atoms with Gasteiger partial charge in [-0.1, -0.05) is 11.6 Å². The zero-order valence-corrected chi connectivity index (χ0v) is 19.8. The molecule has 1 saturated carbocycles. The molecule has 0 radical (unpaired) electrons. The molecule has 1 aromatic carbocycles. The number of amides is 2. The molecule has 2 amide bonds. The fourth-order valence-corrected chi connectivity index (χ4v) is 5.12. The van der Waals surface area contributed by atoms with Crippen LogP contribution in [0.3, 0.4) is 0 Å². The first-order valence-electron chi connectivity index (χ1n) is 11.6. The van der Waals surface area contributed by atoms with Crippen molar-refractivity contribution in [1.82, 2.24) is 9.80 Å². The van der Waals surface area contributed by atoms with Gasteiger partial charge < -0.3 is 19.8 Å². The average Bonchev–Trinajstić information content (AvgIpc) is 3.56. The molecule has 2 fully saturated rings. The van der Waals surface area contributed by atoms with Crippen LogP contribution < -0.4 is 4.90 Å². The smallest absolute Gasteiger partial charge is 0.391 e.